The van der Waals surface area contributed by atoms with Gasteiger partial charge in [-0.3, -0.25) is 9.69 Å². The van der Waals surface area contributed by atoms with E-state index in [1.54, 1.807) is 0 Å². The fraction of sp³-hybridized carbons (Fsp3) is 0.480. The monoisotopic (exact) mass is 531 g/mol. The molecule has 1 aliphatic heterocycles. The molecule has 1 heterocycles. The quantitative estimate of drug-likeness (QED) is 0.334. The smallest absolute Gasteiger partial charge is 0.283 e. The van der Waals surface area contributed by atoms with Gasteiger partial charge in [0.15, 0.2) is 0 Å². The second kappa shape index (κ2) is 16.6. The van der Waals surface area contributed by atoms with Crippen molar-refractivity contribution in [1.82, 2.24) is 9.80 Å². The Morgan fingerprint density at radius 1 is 0.909 bits per heavy atom. The van der Waals surface area contributed by atoms with Gasteiger partial charge >= 0.3 is 0 Å². The van der Waals surface area contributed by atoms with Crippen LogP contribution in [0.1, 0.15) is 37.3 Å². The van der Waals surface area contributed by atoms with Crippen molar-refractivity contribution in [2.45, 2.75) is 39.2 Å². The molecule has 184 valence electrons. The standard InChI is InChI=1S/C25H34ClN3OS.2ClH/c1-2-3-5-21-8-12-24(13-9-21)27-25(30)31-19-4-14-28-15-17-29(18-16-28)20-22-6-10-23(26)11-7-22;;/h6-13H,2-5,14-20H2,1H3,(H,27,30);2*1H. The van der Waals surface area contributed by atoms with Crippen molar-refractivity contribution in [1.29, 1.82) is 0 Å². The first-order chi connectivity index (χ1) is 15.1. The number of nitrogens with one attached hydrogen (secondary N) is 1. The topological polar surface area (TPSA) is 35.6 Å². The number of amides is 1. The van der Waals surface area contributed by atoms with Crippen LogP contribution in [-0.2, 0) is 13.0 Å². The summed E-state index contributed by atoms with van der Waals surface area (Å²) < 4.78 is 0. The molecule has 0 aliphatic carbocycles. The molecule has 2 aromatic rings. The van der Waals surface area contributed by atoms with E-state index in [0.717, 1.165) is 68.6 Å². The number of unbranched alkanes of at least 4 members (excludes halogenated alkanes) is 1. The van der Waals surface area contributed by atoms with Gasteiger partial charge in [-0.05, 0) is 61.2 Å². The van der Waals surface area contributed by atoms with E-state index in [9.17, 15) is 4.79 Å². The van der Waals surface area contributed by atoms with Crippen molar-refractivity contribution in [3.63, 3.8) is 0 Å². The van der Waals surface area contributed by atoms with E-state index in [-0.39, 0.29) is 30.1 Å². The van der Waals surface area contributed by atoms with E-state index in [1.165, 1.54) is 35.7 Å². The summed E-state index contributed by atoms with van der Waals surface area (Å²) in [4.78, 5) is 17.2. The predicted molar refractivity (Wildman–Crippen MR) is 149 cm³/mol. The summed E-state index contributed by atoms with van der Waals surface area (Å²) in [6, 6.07) is 16.4. The number of carbonyl (C=O) groups excluding carboxylic acids is 1. The molecule has 0 unspecified atom stereocenters. The summed E-state index contributed by atoms with van der Waals surface area (Å²) in [6.45, 7) is 8.61. The molecule has 1 amide bonds. The lowest BCUT2D eigenvalue weighted by atomic mass is 10.1. The Morgan fingerprint density at radius 3 is 2.15 bits per heavy atom. The first-order valence-electron chi connectivity index (χ1n) is 11.3. The number of hydrogen-bond donors (Lipinski definition) is 1. The molecule has 0 atom stereocenters. The van der Waals surface area contributed by atoms with Crippen LogP contribution in [0.15, 0.2) is 48.5 Å². The lowest BCUT2D eigenvalue weighted by Gasteiger charge is -2.34. The predicted octanol–water partition coefficient (Wildman–Crippen LogP) is 7.00. The van der Waals surface area contributed by atoms with Gasteiger partial charge in [-0.25, -0.2) is 0 Å². The molecule has 0 bridgehead atoms. The minimum atomic E-state index is 0. The number of thioether (sulfide) groups is 1. The van der Waals surface area contributed by atoms with E-state index in [2.05, 4.69) is 46.3 Å². The molecule has 8 heteroatoms. The molecule has 3 rings (SSSR count). The number of halogens is 3. The Balaban J connectivity index is 0.00000272. The maximum atomic E-state index is 12.2. The number of nitrogens with zero attached hydrogens (tertiary/aromatic N) is 2. The van der Waals surface area contributed by atoms with Crippen LogP contribution in [0.2, 0.25) is 5.02 Å². The van der Waals surface area contributed by atoms with Gasteiger partial charge in [0.05, 0.1) is 0 Å². The lowest BCUT2D eigenvalue weighted by Crippen LogP contribution is -2.46. The van der Waals surface area contributed by atoms with Gasteiger partial charge in [-0.2, -0.15) is 0 Å². The summed E-state index contributed by atoms with van der Waals surface area (Å²) in [5.74, 6) is 0.853. The summed E-state index contributed by atoms with van der Waals surface area (Å²) in [5.41, 5.74) is 3.53. The second-order valence-corrected chi connectivity index (χ2v) is 9.66. The molecular weight excluding hydrogens is 497 g/mol. The lowest BCUT2D eigenvalue weighted by molar-refractivity contribution is 0.127. The van der Waals surface area contributed by atoms with Crippen LogP contribution in [0.4, 0.5) is 10.5 Å². The van der Waals surface area contributed by atoms with Gasteiger partial charge in [0.25, 0.3) is 5.24 Å². The van der Waals surface area contributed by atoms with Gasteiger partial charge in [0.1, 0.15) is 0 Å². The molecule has 0 aromatic heterocycles. The van der Waals surface area contributed by atoms with E-state index >= 15 is 0 Å². The molecule has 1 fully saturated rings. The number of hydrogen-bond acceptors (Lipinski definition) is 4. The largest absolute Gasteiger partial charge is 0.317 e. The van der Waals surface area contributed by atoms with Gasteiger partial charge < -0.3 is 10.2 Å². The van der Waals surface area contributed by atoms with Crippen molar-refractivity contribution in [3.8, 4) is 0 Å². The van der Waals surface area contributed by atoms with Crippen LogP contribution in [0.25, 0.3) is 0 Å². The number of carbonyl (C=O) groups is 1. The minimum absolute atomic E-state index is 0. The normalized spacial score (nSPS) is 14.2. The third-order valence-electron chi connectivity index (χ3n) is 5.66. The van der Waals surface area contributed by atoms with Crippen LogP contribution < -0.4 is 5.32 Å². The summed E-state index contributed by atoms with van der Waals surface area (Å²) in [5, 5.41) is 3.82. The van der Waals surface area contributed by atoms with E-state index in [4.69, 9.17) is 11.6 Å². The first kappa shape index (κ1) is 30.1. The molecule has 0 spiro atoms. The van der Waals surface area contributed by atoms with Crippen molar-refractivity contribution in [3.05, 3.63) is 64.7 Å². The Kier molecular flexibility index (Phi) is 15.2. The average molecular weight is 533 g/mol. The maximum Gasteiger partial charge on any atom is 0.283 e. The molecule has 1 N–H and O–H groups in total. The summed E-state index contributed by atoms with van der Waals surface area (Å²) in [6.07, 6.45) is 4.55. The van der Waals surface area contributed by atoms with E-state index < -0.39 is 0 Å². The number of rotatable bonds is 10. The molecular formula is C25H36Cl3N3OS. The Morgan fingerprint density at radius 2 is 1.52 bits per heavy atom. The van der Waals surface area contributed by atoms with Crippen LogP contribution in [0.3, 0.4) is 0 Å². The van der Waals surface area contributed by atoms with E-state index in [0.29, 0.717) is 0 Å². The Labute approximate surface area is 220 Å². The first-order valence-corrected chi connectivity index (χ1v) is 12.7. The second-order valence-electron chi connectivity index (χ2n) is 8.16. The van der Waals surface area contributed by atoms with Crippen LogP contribution >= 0.6 is 48.2 Å². The van der Waals surface area contributed by atoms with Crippen molar-refractivity contribution in [2.75, 3.05) is 43.8 Å². The van der Waals surface area contributed by atoms with Gasteiger partial charge in [0, 0.05) is 49.2 Å². The van der Waals surface area contributed by atoms with Crippen LogP contribution in [0, 0.1) is 0 Å². The zero-order chi connectivity index (χ0) is 21.9. The molecule has 0 saturated carbocycles. The highest BCUT2D eigenvalue weighted by atomic mass is 35.5. The molecule has 0 radical (unpaired) electrons. The SMILES string of the molecule is CCCCc1ccc(NC(=O)SCCCN2CCN(Cc3ccc(Cl)cc3)CC2)cc1.Cl.Cl. The number of piperazine rings is 1. The average Bonchev–Trinajstić information content (AvgIpc) is 2.79. The Hall–Kier alpha value is -0.950. The van der Waals surface area contributed by atoms with Gasteiger partial charge in [-0.1, -0.05) is 61.0 Å². The summed E-state index contributed by atoms with van der Waals surface area (Å²) >= 11 is 7.35. The zero-order valence-electron chi connectivity index (χ0n) is 19.3. The molecule has 4 nitrogen and oxygen atoms in total. The van der Waals surface area contributed by atoms with Crippen LogP contribution in [-0.4, -0.2) is 53.5 Å². The fourth-order valence-electron chi connectivity index (χ4n) is 3.76. The fourth-order valence-corrected chi connectivity index (χ4v) is 4.54. The third kappa shape index (κ3) is 11.3. The molecule has 1 aliphatic rings. The highest BCUT2D eigenvalue weighted by molar-refractivity contribution is 8.13. The van der Waals surface area contributed by atoms with Crippen molar-refractivity contribution < 1.29 is 4.79 Å². The number of benzene rings is 2. The highest BCUT2D eigenvalue weighted by Gasteiger charge is 2.16. The van der Waals surface area contributed by atoms with Crippen molar-refractivity contribution >= 4 is 59.1 Å². The maximum absolute atomic E-state index is 12.2. The number of anilines is 1. The van der Waals surface area contributed by atoms with Gasteiger partial charge in [0.2, 0.25) is 0 Å². The number of aryl methyl sites for hydroxylation is 1. The summed E-state index contributed by atoms with van der Waals surface area (Å²) in [7, 11) is 0. The molecule has 2 aromatic carbocycles. The minimum Gasteiger partial charge on any atom is -0.317 e. The molecule has 1 saturated heterocycles. The highest BCUT2D eigenvalue weighted by Crippen LogP contribution is 2.16. The van der Waals surface area contributed by atoms with E-state index in [1.807, 2.05) is 24.3 Å². The third-order valence-corrected chi connectivity index (χ3v) is 6.76. The Bertz CT molecular complexity index is 798. The zero-order valence-corrected chi connectivity index (χ0v) is 22.5. The van der Waals surface area contributed by atoms with Gasteiger partial charge in [-0.15, -0.1) is 24.8 Å². The molecule has 33 heavy (non-hydrogen) atoms. The van der Waals surface area contributed by atoms with Crippen molar-refractivity contribution in [2.24, 2.45) is 0 Å². The van der Waals surface area contributed by atoms with Crippen LogP contribution in [0.5, 0.6) is 0 Å².